The number of hydrogen-bond acceptors (Lipinski definition) is 7. The highest BCUT2D eigenvalue weighted by atomic mass is 79.9. The molecule has 0 amide bonds. The number of rotatable bonds is 6. The Hall–Kier alpha value is -4.11. The fourth-order valence-corrected chi connectivity index (χ4v) is 4.57. The van der Waals surface area contributed by atoms with Crippen LogP contribution in [0.3, 0.4) is 0 Å². The molecule has 0 bridgehead atoms. The maximum Gasteiger partial charge on any atom is 0.177 e. The van der Waals surface area contributed by atoms with E-state index in [1.807, 2.05) is 72.8 Å². The Balaban J connectivity index is 1.28. The third-order valence-electron chi connectivity index (χ3n) is 6.08. The zero-order valence-corrected chi connectivity index (χ0v) is 21.8. The number of ether oxygens (including phenoxy) is 2. The number of aromatic nitrogens is 5. The second kappa shape index (κ2) is 11.1. The minimum Gasteiger partial charge on any atom is -0.347 e. The predicted molar refractivity (Wildman–Crippen MR) is 150 cm³/mol. The molecule has 0 aliphatic carbocycles. The minimum absolute atomic E-state index is 0.296. The van der Waals surface area contributed by atoms with Crippen LogP contribution in [0.1, 0.15) is 5.56 Å². The summed E-state index contributed by atoms with van der Waals surface area (Å²) >= 11 is 3.44. The van der Waals surface area contributed by atoms with Crippen LogP contribution >= 0.6 is 15.9 Å². The number of nitrogens with zero attached hydrogens (tertiary/aromatic N) is 5. The summed E-state index contributed by atoms with van der Waals surface area (Å²) in [5.74, 6) is 0. The molecule has 38 heavy (non-hydrogen) atoms. The molecule has 0 N–H and O–H groups in total. The number of halogens is 1. The second-order valence-corrected chi connectivity index (χ2v) is 9.41. The van der Waals surface area contributed by atoms with E-state index >= 15 is 0 Å². The minimum atomic E-state index is -0.296. The van der Waals surface area contributed by atoms with Gasteiger partial charge in [0.1, 0.15) is 4.60 Å². The molecule has 0 aromatic carbocycles. The van der Waals surface area contributed by atoms with Crippen LogP contribution < -0.4 is 0 Å². The molecular weight excluding hydrogens is 542 g/mol. The van der Waals surface area contributed by atoms with Crippen molar-refractivity contribution in [3.8, 4) is 45.0 Å². The van der Waals surface area contributed by atoms with Crippen molar-refractivity contribution in [3.05, 3.63) is 108 Å². The van der Waals surface area contributed by atoms with Crippen molar-refractivity contribution in [1.29, 1.82) is 0 Å². The van der Waals surface area contributed by atoms with Crippen LogP contribution in [0.5, 0.6) is 0 Å². The van der Waals surface area contributed by atoms with Gasteiger partial charge in [-0.1, -0.05) is 6.08 Å². The molecule has 186 valence electrons. The van der Waals surface area contributed by atoms with Gasteiger partial charge in [-0.15, -0.1) is 0 Å². The molecule has 8 heteroatoms. The van der Waals surface area contributed by atoms with Crippen LogP contribution in [0.4, 0.5) is 0 Å². The van der Waals surface area contributed by atoms with Crippen molar-refractivity contribution >= 4 is 22.0 Å². The highest BCUT2D eigenvalue weighted by Gasteiger charge is 2.12. The van der Waals surface area contributed by atoms with Gasteiger partial charge < -0.3 is 9.47 Å². The van der Waals surface area contributed by atoms with Gasteiger partial charge in [0, 0.05) is 31.0 Å². The Kier molecular flexibility index (Phi) is 7.08. The first-order chi connectivity index (χ1) is 18.7. The maximum absolute atomic E-state index is 5.48. The number of hydrogen-bond donors (Lipinski definition) is 0. The van der Waals surface area contributed by atoms with Crippen LogP contribution in [0.25, 0.3) is 51.1 Å². The topological polar surface area (TPSA) is 82.9 Å². The molecule has 6 rings (SSSR count). The van der Waals surface area contributed by atoms with E-state index in [1.54, 1.807) is 31.0 Å². The lowest BCUT2D eigenvalue weighted by atomic mass is 10.0. The van der Waals surface area contributed by atoms with Crippen molar-refractivity contribution in [2.75, 3.05) is 13.2 Å². The summed E-state index contributed by atoms with van der Waals surface area (Å²) in [5.41, 5.74) is 8.29. The van der Waals surface area contributed by atoms with E-state index in [9.17, 15) is 0 Å². The van der Waals surface area contributed by atoms with Crippen LogP contribution in [0.2, 0.25) is 0 Å². The van der Waals surface area contributed by atoms with Gasteiger partial charge in [-0.3, -0.25) is 19.9 Å². The lowest BCUT2D eigenvalue weighted by Gasteiger charge is -2.08. The molecule has 0 atom stereocenters. The molecule has 7 nitrogen and oxygen atoms in total. The molecule has 5 aromatic heterocycles. The Morgan fingerprint density at radius 3 is 1.55 bits per heavy atom. The average molecular weight is 564 g/mol. The van der Waals surface area contributed by atoms with Gasteiger partial charge in [0.25, 0.3) is 0 Å². The zero-order valence-electron chi connectivity index (χ0n) is 20.2. The molecule has 1 saturated heterocycles. The van der Waals surface area contributed by atoms with Gasteiger partial charge in [0.05, 0.1) is 36.0 Å². The summed E-state index contributed by atoms with van der Waals surface area (Å²) < 4.78 is 11.7. The smallest absolute Gasteiger partial charge is 0.177 e. The molecular formula is C30H22BrN5O2. The van der Waals surface area contributed by atoms with E-state index in [2.05, 4.69) is 40.8 Å². The van der Waals surface area contributed by atoms with Crippen molar-refractivity contribution in [1.82, 2.24) is 24.9 Å². The first-order valence-corrected chi connectivity index (χ1v) is 12.9. The largest absolute Gasteiger partial charge is 0.347 e. The second-order valence-electron chi connectivity index (χ2n) is 8.60. The maximum atomic E-state index is 5.48. The monoisotopic (exact) mass is 563 g/mol. The first-order valence-electron chi connectivity index (χ1n) is 12.1. The molecule has 0 saturated carbocycles. The standard InChI is InChI=1S/C30H22BrN5O2/c31-29-19-24(7-12-36-29)23-6-11-35-28(18-23)27-17-22(5-10-34-27)21-4-9-33-26(16-21)25-15-20(3-8-32-25)1-2-30-37-13-14-38-30/h1-12,15-19,30H,13-14H2/b2-1+. The summed E-state index contributed by atoms with van der Waals surface area (Å²) in [6.45, 7) is 1.24. The van der Waals surface area contributed by atoms with Gasteiger partial charge >= 0.3 is 0 Å². The fraction of sp³-hybridized carbons (Fsp3) is 0.100. The summed E-state index contributed by atoms with van der Waals surface area (Å²) in [5, 5.41) is 0. The lowest BCUT2D eigenvalue weighted by molar-refractivity contribution is -0.000909. The first kappa shape index (κ1) is 24.2. The van der Waals surface area contributed by atoms with Crippen LogP contribution in [0, 0.1) is 0 Å². The van der Waals surface area contributed by atoms with Crippen molar-refractivity contribution in [2.45, 2.75) is 6.29 Å². The van der Waals surface area contributed by atoms with E-state index in [0.29, 0.717) is 13.2 Å². The van der Waals surface area contributed by atoms with E-state index in [-0.39, 0.29) is 6.29 Å². The van der Waals surface area contributed by atoms with E-state index in [1.165, 1.54) is 0 Å². The highest BCUT2D eigenvalue weighted by molar-refractivity contribution is 9.10. The molecule has 5 aromatic rings. The molecule has 6 heterocycles. The van der Waals surface area contributed by atoms with Crippen molar-refractivity contribution < 1.29 is 9.47 Å². The van der Waals surface area contributed by atoms with Gasteiger partial charge in [-0.2, -0.15) is 0 Å². The SMILES string of the molecule is Brc1cc(-c2ccnc(-c3cc(-c4ccnc(-c5cc(/C=C/C6OCCO6)ccn5)c4)ccn3)c2)ccn1. The normalized spacial score (nSPS) is 13.8. The zero-order chi connectivity index (χ0) is 25.7. The number of pyridine rings is 5. The van der Waals surface area contributed by atoms with E-state index in [4.69, 9.17) is 9.47 Å². The lowest BCUT2D eigenvalue weighted by Crippen LogP contribution is -2.01. The third-order valence-corrected chi connectivity index (χ3v) is 6.51. The Morgan fingerprint density at radius 2 is 1.03 bits per heavy atom. The van der Waals surface area contributed by atoms with Crippen LogP contribution in [-0.2, 0) is 9.47 Å². The average Bonchev–Trinajstić information content (AvgIpc) is 3.50. The van der Waals surface area contributed by atoms with Gasteiger partial charge in [0.2, 0.25) is 0 Å². The van der Waals surface area contributed by atoms with Crippen molar-refractivity contribution in [3.63, 3.8) is 0 Å². The van der Waals surface area contributed by atoms with Gasteiger partial charge in [-0.25, -0.2) is 4.98 Å². The van der Waals surface area contributed by atoms with E-state index < -0.39 is 0 Å². The van der Waals surface area contributed by atoms with Gasteiger partial charge in [-0.05, 0) is 110 Å². The molecule has 0 spiro atoms. The summed E-state index contributed by atoms with van der Waals surface area (Å²) in [4.78, 5) is 22.5. The summed E-state index contributed by atoms with van der Waals surface area (Å²) in [6, 6.07) is 20.0. The Labute approximate surface area is 228 Å². The summed E-state index contributed by atoms with van der Waals surface area (Å²) in [6.07, 6.45) is 12.6. The van der Waals surface area contributed by atoms with Gasteiger partial charge in [0.15, 0.2) is 6.29 Å². The molecule has 1 aliphatic heterocycles. The third kappa shape index (κ3) is 5.57. The van der Waals surface area contributed by atoms with E-state index in [0.717, 1.165) is 55.2 Å². The molecule has 1 fully saturated rings. The highest BCUT2D eigenvalue weighted by Crippen LogP contribution is 2.29. The summed E-state index contributed by atoms with van der Waals surface area (Å²) in [7, 11) is 0. The van der Waals surface area contributed by atoms with Crippen LogP contribution in [0.15, 0.2) is 102 Å². The molecule has 0 radical (unpaired) electrons. The molecule has 0 unspecified atom stereocenters. The Morgan fingerprint density at radius 1 is 0.579 bits per heavy atom. The fourth-order valence-electron chi connectivity index (χ4n) is 4.20. The van der Waals surface area contributed by atoms with Crippen LogP contribution in [-0.4, -0.2) is 44.4 Å². The molecule has 1 aliphatic rings. The quantitative estimate of drug-likeness (QED) is 0.219. The Bertz CT molecular complexity index is 1620. The predicted octanol–water partition coefficient (Wildman–Crippen LogP) is 6.48. The van der Waals surface area contributed by atoms with Crippen molar-refractivity contribution in [2.24, 2.45) is 0 Å².